The van der Waals surface area contributed by atoms with Gasteiger partial charge in [-0.1, -0.05) is 0 Å². The summed E-state index contributed by atoms with van der Waals surface area (Å²) in [5, 5.41) is 3.08. The largest absolute Gasteiger partial charge is 0.397 e. The summed E-state index contributed by atoms with van der Waals surface area (Å²) in [6, 6.07) is 7.73. The average Bonchev–Trinajstić information content (AvgIpc) is 2.74. The Morgan fingerprint density at radius 1 is 1.35 bits per heavy atom. The van der Waals surface area contributed by atoms with E-state index in [2.05, 4.69) is 10.3 Å². The van der Waals surface area contributed by atoms with Crippen molar-refractivity contribution >= 4 is 28.8 Å². The molecule has 1 aliphatic heterocycles. The first-order valence-corrected chi connectivity index (χ1v) is 6.46. The number of pyridine rings is 1. The summed E-state index contributed by atoms with van der Waals surface area (Å²) >= 11 is 0. The maximum atomic E-state index is 12.3. The summed E-state index contributed by atoms with van der Waals surface area (Å²) in [6.45, 7) is 1.91. The number of rotatable bonds is 2. The van der Waals surface area contributed by atoms with E-state index in [9.17, 15) is 4.79 Å². The zero-order valence-electron chi connectivity index (χ0n) is 11.5. The predicted molar refractivity (Wildman–Crippen MR) is 80.2 cm³/mol. The second kappa shape index (κ2) is 4.52. The van der Waals surface area contributed by atoms with Crippen LogP contribution in [0.5, 0.6) is 0 Å². The normalized spacial score (nSPS) is 13.5. The van der Waals surface area contributed by atoms with E-state index in [1.807, 2.05) is 38.2 Å². The third-order valence-corrected chi connectivity index (χ3v) is 3.48. The minimum atomic E-state index is 0.0358. The molecule has 2 aromatic rings. The van der Waals surface area contributed by atoms with Gasteiger partial charge in [0.15, 0.2) is 0 Å². The second-order valence-corrected chi connectivity index (χ2v) is 4.91. The lowest BCUT2D eigenvalue weighted by Gasteiger charge is -2.19. The van der Waals surface area contributed by atoms with E-state index < -0.39 is 0 Å². The number of nitrogens with zero attached hydrogens (tertiary/aromatic N) is 2. The van der Waals surface area contributed by atoms with Crippen LogP contribution in [0.2, 0.25) is 0 Å². The summed E-state index contributed by atoms with van der Waals surface area (Å²) in [6.07, 6.45) is 1.98. The highest BCUT2D eigenvalue weighted by Crippen LogP contribution is 2.37. The van der Waals surface area contributed by atoms with Crippen LogP contribution in [0.3, 0.4) is 0 Å². The quantitative estimate of drug-likeness (QED) is 0.876. The fourth-order valence-corrected chi connectivity index (χ4v) is 2.53. The number of amides is 1. The van der Waals surface area contributed by atoms with Gasteiger partial charge in [0.2, 0.25) is 5.91 Å². The van der Waals surface area contributed by atoms with Crippen LogP contribution >= 0.6 is 0 Å². The Labute approximate surface area is 117 Å². The van der Waals surface area contributed by atoms with Crippen LogP contribution in [-0.2, 0) is 11.2 Å². The van der Waals surface area contributed by atoms with Gasteiger partial charge < -0.3 is 11.1 Å². The number of hydrogen-bond donors (Lipinski definition) is 2. The number of aromatic nitrogens is 1. The van der Waals surface area contributed by atoms with E-state index in [0.29, 0.717) is 17.9 Å². The molecule has 0 unspecified atom stereocenters. The second-order valence-electron chi connectivity index (χ2n) is 4.91. The molecule has 0 fully saturated rings. The predicted octanol–water partition coefficient (Wildman–Crippen LogP) is 2.23. The summed E-state index contributed by atoms with van der Waals surface area (Å²) < 4.78 is 0. The number of anilines is 4. The van der Waals surface area contributed by atoms with Crippen LogP contribution < -0.4 is 16.0 Å². The maximum Gasteiger partial charge on any atom is 0.237 e. The van der Waals surface area contributed by atoms with Gasteiger partial charge in [-0.2, -0.15) is 0 Å². The molecule has 0 bridgehead atoms. The lowest BCUT2D eigenvalue weighted by atomic mass is 10.1. The van der Waals surface area contributed by atoms with Crippen LogP contribution in [0.1, 0.15) is 11.1 Å². The summed E-state index contributed by atoms with van der Waals surface area (Å²) in [4.78, 5) is 18.3. The summed E-state index contributed by atoms with van der Waals surface area (Å²) in [7, 11) is 1.86. The molecule has 20 heavy (non-hydrogen) atoms. The molecule has 0 atom stereocenters. The molecule has 0 aliphatic carbocycles. The van der Waals surface area contributed by atoms with E-state index in [0.717, 1.165) is 22.5 Å². The molecule has 3 rings (SSSR count). The third-order valence-electron chi connectivity index (χ3n) is 3.48. The van der Waals surface area contributed by atoms with Gasteiger partial charge in [0.05, 0.1) is 24.0 Å². The minimum absolute atomic E-state index is 0.0358. The fourth-order valence-electron chi connectivity index (χ4n) is 2.53. The van der Waals surface area contributed by atoms with Gasteiger partial charge in [0.25, 0.3) is 0 Å². The highest BCUT2D eigenvalue weighted by Gasteiger charge is 2.30. The van der Waals surface area contributed by atoms with Gasteiger partial charge in [0.1, 0.15) is 5.82 Å². The SMILES string of the molecule is CNc1ccc2c(c1)CC(=O)N2c1ncc(N)cc1C. The lowest BCUT2D eigenvalue weighted by molar-refractivity contribution is -0.116. The molecule has 102 valence electrons. The van der Waals surface area contributed by atoms with Crippen molar-refractivity contribution in [2.75, 3.05) is 23.0 Å². The standard InChI is InChI=1S/C15H16N4O/c1-9-5-11(16)8-18-15(9)19-13-4-3-12(17-2)6-10(13)7-14(19)20/h3-6,8,17H,7,16H2,1-2H3. The van der Waals surface area contributed by atoms with E-state index in [4.69, 9.17) is 5.73 Å². The van der Waals surface area contributed by atoms with Crippen molar-refractivity contribution in [1.29, 1.82) is 0 Å². The van der Waals surface area contributed by atoms with E-state index in [1.165, 1.54) is 0 Å². The van der Waals surface area contributed by atoms with Gasteiger partial charge in [-0.05, 0) is 42.3 Å². The number of benzene rings is 1. The summed E-state index contributed by atoms with van der Waals surface area (Å²) in [5.74, 6) is 0.689. The molecule has 1 aliphatic rings. The zero-order valence-corrected chi connectivity index (χ0v) is 11.5. The van der Waals surface area contributed by atoms with Crippen LogP contribution in [-0.4, -0.2) is 17.9 Å². The molecule has 0 spiro atoms. The highest BCUT2D eigenvalue weighted by molar-refractivity contribution is 6.07. The van der Waals surface area contributed by atoms with Crippen molar-refractivity contribution in [1.82, 2.24) is 4.98 Å². The van der Waals surface area contributed by atoms with Crippen molar-refractivity contribution in [3.63, 3.8) is 0 Å². The third kappa shape index (κ3) is 1.87. The first-order chi connectivity index (χ1) is 9.60. The van der Waals surface area contributed by atoms with Crippen LogP contribution in [0.15, 0.2) is 30.5 Å². The Morgan fingerprint density at radius 2 is 2.15 bits per heavy atom. The first-order valence-electron chi connectivity index (χ1n) is 6.46. The molecule has 5 nitrogen and oxygen atoms in total. The van der Waals surface area contributed by atoms with Crippen molar-refractivity contribution in [3.05, 3.63) is 41.6 Å². The molecule has 0 radical (unpaired) electrons. The van der Waals surface area contributed by atoms with Crippen molar-refractivity contribution in [2.24, 2.45) is 0 Å². The Morgan fingerprint density at radius 3 is 2.85 bits per heavy atom. The first kappa shape index (κ1) is 12.5. The minimum Gasteiger partial charge on any atom is -0.397 e. The average molecular weight is 268 g/mol. The molecule has 2 heterocycles. The van der Waals surface area contributed by atoms with Gasteiger partial charge in [-0.25, -0.2) is 4.98 Å². The molecule has 1 amide bonds. The van der Waals surface area contributed by atoms with E-state index in [-0.39, 0.29) is 5.91 Å². The maximum absolute atomic E-state index is 12.3. The Hall–Kier alpha value is -2.56. The molecule has 5 heteroatoms. The van der Waals surface area contributed by atoms with Gasteiger partial charge in [-0.3, -0.25) is 9.69 Å². The number of carbonyl (C=O) groups is 1. The van der Waals surface area contributed by atoms with Gasteiger partial charge in [-0.15, -0.1) is 0 Å². The van der Waals surface area contributed by atoms with Gasteiger partial charge in [0, 0.05) is 12.7 Å². The Balaban J connectivity index is 2.10. The summed E-state index contributed by atoms with van der Waals surface area (Å²) in [5.41, 5.74) is 10.1. The number of aryl methyl sites for hydroxylation is 1. The molecule has 0 saturated carbocycles. The number of nitrogens with two attached hydrogens (primary N) is 1. The number of carbonyl (C=O) groups excluding carboxylic acids is 1. The van der Waals surface area contributed by atoms with E-state index >= 15 is 0 Å². The number of hydrogen-bond acceptors (Lipinski definition) is 4. The Bertz CT molecular complexity index is 696. The number of fused-ring (bicyclic) bond motifs is 1. The molecular weight excluding hydrogens is 252 g/mol. The molecular formula is C15H16N4O. The number of nitrogen functional groups attached to an aromatic ring is 1. The fraction of sp³-hybridized carbons (Fsp3) is 0.200. The van der Waals surface area contributed by atoms with Crippen molar-refractivity contribution < 1.29 is 4.79 Å². The van der Waals surface area contributed by atoms with Crippen LogP contribution in [0.25, 0.3) is 0 Å². The van der Waals surface area contributed by atoms with Crippen LogP contribution in [0.4, 0.5) is 22.9 Å². The molecule has 3 N–H and O–H groups in total. The topological polar surface area (TPSA) is 71.2 Å². The number of nitrogens with one attached hydrogen (secondary N) is 1. The van der Waals surface area contributed by atoms with E-state index in [1.54, 1.807) is 11.1 Å². The molecule has 1 aromatic carbocycles. The Kier molecular flexibility index (Phi) is 2.82. The molecule has 1 aromatic heterocycles. The lowest BCUT2D eigenvalue weighted by Crippen LogP contribution is -2.22. The zero-order chi connectivity index (χ0) is 14.3. The highest BCUT2D eigenvalue weighted by atomic mass is 16.2. The van der Waals surface area contributed by atoms with Gasteiger partial charge >= 0.3 is 0 Å². The smallest absolute Gasteiger partial charge is 0.237 e. The molecule has 0 saturated heterocycles. The van der Waals surface area contributed by atoms with Crippen molar-refractivity contribution in [2.45, 2.75) is 13.3 Å². The van der Waals surface area contributed by atoms with Crippen LogP contribution in [0, 0.1) is 6.92 Å². The van der Waals surface area contributed by atoms with Crippen molar-refractivity contribution in [3.8, 4) is 0 Å². The monoisotopic (exact) mass is 268 g/mol.